The van der Waals surface area contributed by atoms with Crippen LogP contribution in [0.1, 0.15) is 16.7 Å². The second kappa shape index (κ2) is 7.64. The number of rotatable bonds is 5. The van der Waals surface area contributed by atoms with Crippen molar-refractivity contribution in [3.05, 3.63) is 57.4 Å². The summed E-state index contributed by atoms with van der Waals surface area (Å²) >= 11 is 0. The zero-order valence-electron chi connectivity index (χ0n) is 16.1. The molecule has 0 aliphatic heterocycles. The maximum Gasteiger partial charge on any atom is 0.340 e. The topological polar surface area (TPSA) is 98.0 Å². The number of carbonyl (C=O) groups is 1. The van der Waals surface area contributed by atoms with Crippen LogP contribution in [-0.2, 0) is 11.2 Å². The SMILES string of the molecule is COc1ccc(NC(=O)Cc2c(C)c3c(O)cc(C)cc3oc2=O)cc1OC. The molecule has 0 spiro atoms. The molecule has 0 fully saturated rings. The molecule has 2 aromatic carbocycles. The van der Waals surface area contributed by atoms with Crippen molar-refractivity contribution in [3.63, 3.8) is 0 Å². The number of ether oxygens (including phenoxy) is 2. The standard InChI is InChI=1S/C21H21NO6/c1-11-7-15(23)20-12(2)14(21(25)28-18(20)8-11)10-19(24)22-13-5-6-16(26-3)17(9-13)27-4/h5-9,23H,10H2,1-4H3,(H,22,24). The molecular weight excluding hydrogens is 362 g/mol. The van der Waals surface area contributed by atoms with Gasteiger partial charge in [0, 0.05) is 11.8 Å². The Kier molecular flexibility index (Phi) is 5.26. The molecule has 3 rings (SSSR count). The minimum absolute atomic E-state index is 0.0119. The van der Waals surface area contributed by atoms with E-state index in [0.717, 1.165) is 5.56 Å². The Labute approximate surface area is 161 Å². The van der Waals surface area contributed by atoms with E-state index >= 15 is 0 Å². The zero-order chi connectivity index (χ0) is 20.4. The molecule has 1 amide bonds. The minimum atomic E-state index is -0.600. The van der Waals surface area contributed by atoms with Crippen LogP contribution in [0.15, 0.2) is 39.5 Å². The van der Waals surface area contributed by atoms with Crippen LogP contribution in [-0.4, -0.2) is 25.2 Å². The van der Waals surface area contributed by atoms with Gasteiger partial charge in [-0.1, -0.05) is 0 Å². The summed E-state index contributed by atoms with van der Waals surface area (Å²) < 4.78 is 15.7. The Balaban J connectivity index is 1.90. The highest BCUT2D eigenvalue weighted by atomic mass is 16.5. The highest BCUT2D eigenvalue weighted by molar-refractivity contribution is 5.94. The summed E-state index contributed by atoms with van der Waals surface area (Å²) in [6, 6.07) is 8.23. The van der Waals surface area contributed by atoms with E-state index in [1.165, 1.54) is 14.2 Å². The van der Waals surface area contributed by atoms with Gasteiger partial charge in [0.15, 0.2) is 11.5 Å². The van der Waals surface area contributed by atoms with Crippen molar-refractivity contribution in [2.24, 2.45) is 0 Å². The molecule has 0 atom stereocenters. The number of hydrogen-bond acceptors (Lipinski definition) is 6. The summed E-state index contributed by atoms with van der Waals surface area (Å²) in [6.07, 6.45) is -0.189. The van der Waals surface area contributed by atoms with Crippen LogP contribution in [0.25, 0.3) is 11.0 Å². The van der Waals surface area contributed by atoms with Crippen molar-refractivity contribution in [2.45, 2.75) is 20.3 Å². The van der Waals surface area contributed by atoms with Crippen LogP contribution in [0.4, 0.5) is 5.69 Å². The van der Waals surface area contributed by atoms with E-state index in [0.29, 0.717) is 33.7 Å². The summed E-state index contributed by atoms with van der Waals surface area (Å²) in [4.78, 5) is 24.9. The number of methoxy groups -OCH3 is 2. The Morgan fingerprint density at radius 1 is 1.11 bits per heavy atom. The lowest BCUT2D eigenvalue weighted by molar-refractivity contribution is -0.115. The molecule has 0 radical (unpaired) electrons. The van der Waals surface area contributed by atoms with Gasteiger partial charge < -0.3 is 24.3 Å². The number of carbonyl (C=O) groups excluding carboxylic acids is 1. The van der Waals surface area contributed by atoms with Crippen molar-refractivity contribution >= 4 is 22.6 Å². The Bertz CT molecular complexity index is 1120. The summed E-state index contributed by atoms with van der Waals surface area (Å²) in [7, 11) is 3.02. The number of phenolic OH excluding ortho intramolecular Hbond substituents is 1. The van der Waals surface area contributed by atoms with Crippen molar-refractivity contribution in [1.29, 1.82) is 0 Å². The third-order valence-corrected chi connectivity index (χ3v) is 4.51. The van der Waals surface area contributed by atoms with Crippen LogP contribution >= 0.6 is 0 Å². The van der Waals surface area contributed by atoms with E-state index in [1.807, 2.05) is 0 Å². The Morgan fingerprint density at radius 3 is 2.50 bits per heavy atom. The first-order valence-corrected chi connectivity index (χ1v) is 8.61. The van der Waals surface area contributed by atoms with Gasteiger partial charge in [-0.25, -0.2) is 4.79 Å². The molecule has 3 aromatic rings. The second-order valence-corrected chi connectivity index (χ2v) is 6.44. The molecule has 0 saturated heterocycles. The van der Waals surface area contributed by atoms with Crippen molar-refractivity contribution in [2.75, 3.05) is 19.5 Å². The van der Waals surface area contributed by atoms with Gasteiger partial charge in [-0.2, -0.15) is 0 Å². The van der Waals surface area contributed by atoms with E-state index < -0.39 is 11.5 Å². The number of hydrogen-bond donors (Lipinski definition) is 2. The number of nitrogens with one attached hydrogen (secondary N) is 1. The largest absolute Gasteiger partial charge is 0.507 e. The van der Waals surface area contributed by atoms with E-state index in [4.69, 9.17) is 13.9 Å². The normalized spacial score (nSPS) is 10.7. The van der Waals surface area contributed by atoms with Crippen LogP contribution in [0.5, 0.6) is 17.2 Å². The highest BCUT2D eigenvalue weighted by Gasteiger charge is 2.18. The fourth-order valence-corrected chi connectivity index (χ4v) is 3.14. The fraction of sp³-hybridized carbons (Fsp3) is 0.238. The number of amides is 1. The number of aromatic hydroxyl groups is 1. The van der Waals surface area contributed by atoms with Crippen LogP contribution < -0.4 is 20.4 Å². The van der Waals surface area contributed by atoms with Crippen molar-refractivity contribution in [3.8, 4) is 17.2 Å². The van der Waals surface area contributed by atoms with Gasteiger partial charge in [0.1, 0.15) is 11.3 Å². The molecule has 0 aliphatic rings. The molecule has 0 bridgehead atoms. The van der Waals surface area contributed by atoms with Crippen molar-refractivity contribution < 1.29 is 23.8 Å². The lowest BCUT2D eigenvalue weighted by atomic mass is 10.0. The van der Waals surface area contributed by atoms with E-state index in [2.05, 4.69) is 5.32 Å². The average Bonchev–Trinajstić information content (AvgIpc) is 2.64. The fourth-order valence-electron chi connectivity index (χ4n) is 3.14. The molecular formula is C21H21NO6. The summed E-state index contributed by atoms with van der Waals surface area (Å²) in [5.41, 5.74) is 1.69. The maximum absolute atomic E-state index is 12.5. The summed E-state index contributed by atoms with van der Waals surface area (Å²) in [5.74, 6) is 0.630. The van der Waals surface area contributed by atoms with Crippen LogP contribution in [0.2, 0.25) is 0 Å². The zero-order valence-corrected chi connectivity index (χ0v) is 16.1. The third-order valence-electron chi connectivity index (χ3n) is 4.51. The second-order valence-electron chi connectivity index (χ2n) is 6.44. The van der Waals surface area contributed by atoms with Gasteiger partial charge in [0.2, 0.25) is 5.91 Å². The predicted molar refractivity (Wildman–Crippen MR) is 106 cm³/mol. The molecule has 7 nitrogen and oxygen atoms in total. The quantitative estimate of drug-likeness (QED) is 0.656. The monoisotopic (exact) mass is 383 g/mol. The number of benzene rings is 2. The van der Waals surface area contributed by atoms with Crippen molar-refractivity contribution in [1.82, 2.24) is 0 Å². The van der Waals surface area contributed by atoms with Gasteiger partial charge in [0.05, 0.1) is 31.6 Å². The Hall–Kier alpha value is -3.48. The smallest absolute Gasteiger partial charge is 0.340 e. The molecule has 28 heavy (non-hydrogen) atoms. The number of anilines is 1. The minimum Gasteiger partial charge on any atom is -0.507 e. The molecule has 2 N–H and O–H groups in total. The molecule has 0 saturated carbocycles. The number of fused-ring (bicyclic) bond motifs is 1. The van der Waals surface area contributed by atoms with Gasteiger partial charge >= 0.3 is 5.63 Å². The molecule has 1 heterocycles. The molecule has 0 aliphatic carbocycles. The van der Waals surface area contributed by atoms with E-state index in [-0.39, 0.29) is 17.7 Å². The predicted octanol–water partition coefficient (Wildman–Crippen LogP) is 3.31. The lowest BCUT2D eigenvalue weighted by Crippen LogP contribution is -2.20. The maximum atomic E-state index is 12.5. The van der Waals surface area contributed by atoms with E-state index in [1.54, 1.807) is 44.2 Å². The first-order chi connectivity index (χ1) is 13.3. The van der Waals surface area contributed by atoms with Gasteiger partial charge in [0.25, 0.3) is 0 Å². The van der Waals surface area contributed by atoms with E-state index in [9.17, 15) is 14.7 Å². The number of aryl methyl sites for hydroxylation is 2. The molecule has 1 aromatic heterocycles. The number of phenols is 1. The summed E-state index contributed by atoms with van der Waals surface area (Å²) in [5, 5.41) is 13.4. The Morgan fingerprint density at radius 2 is 1.82 bits per heavy atom. The lowest BCUT2D eigenvalue weighted by Gasteiger charge is -2.12. The van der Waals surface area contributed by atoms with Gasteiger partial charge in [-0.15, -0.1) is 0 Å². The highest BCUT2D eigenvalue weighted by Crippen LogP contribution is 2.31. The molecule has 0 unspecified atom stereocenters. The van der Waals surface area contributed by atoms with Gasteiger partial charge in [-0.3, -0.25) is 4.79 Å². The molecule has 146 valence electrons. The van der Waals surface area contributed by atoms with Crippen LogP contribution in [0, 0.1) is 13.8 Å². The van der Waals surface area contributed by atoms with Crippen LogP contribution in [0.3, 0.4) is 0 Å². The average molecular weight is 383 g/mol. The van der Waals surface area contributed by atoms with Gasteiger partial charge in [-0.05, 0) is 49.2 Å². The third kappa shape index (κ3) is 3.64. The molecule has 7 heteroatoms. The first-order valence-electron chi connectivity index (χ1n) is 8.61. The summed E-state index contributed by atoms with van der Waals surface area (Å²) in [6.45, 7) is 3.48. The first kappa shape index (κ1) is 19.3.